The van der Waals surface area contributed by atoms with E-state index >= 15 is 0 Å². The number of ether oxygens (including phenoxy) is 1. The summed E-state index contributed by atoms with van der Waals surface area (Å²) >= 11 is 0. The summed E-state index contributed by atoms with van der Waals surface area (Å²) < 4.78 is 27.5. The van der Waals surface area contributed by atoms with Gasteiger partial charge < -0.3 is 14.7 Å². The Bertz CT molecular complexity index is 733. The zero-order valence-corrected chi connectivity index (χ0v) is 14.0. The van der Waals surface area contributed by atoms with Crippen molar-refractivity contribution in [1.29, 1.82) is 0 Å². The van der Waals surface area contributed by atoms with Gasteiger partial charge in [-0.15, -0.1) is 0 Å². The van der Waals surface area contributed by atoms with E-state index in [0.717, 1.165) is 0 Å². The Morgan fingerprint density at radius 1 is 1.50 bits per heavy atom. The standard InChI is InChI=1S/C15H20N2O6S/c1-23-12-4-2-3-10(5-12)6-13(15(19)20)17-8-11(7-14(17)18)9-24(16,21)22/h2-5,11,13H,6-9H2,1H3,(H,19,20)(H2,16,21,22). The van der Waals surface area contributed by atoms with Crippen LogP contribution < -0.4 is 9.88 Å². The number of carboxylic acids is 1. The summed E-state index contributed by atoms with van der Waals surface area (Å²) in [5, 5.41) is 14.5. The molecule has 24 heavy (non-hydrogen) atoms. The summed E-state index contributed by atoms with van der Waals surface area (Å²) in [6.45, 7) is 0.0657. The number of amides is 1. The van der Waals surface area contributed by atoms with Crippen LogP contribution in [0.4, 0.5) is 0 Å². The number of carbonyl (C=O) groups excluding carboxylic acids is 1. The predicted octanol–water partition coefficient (Wildman–Crippen LogP) is -0.172. The predicted molar refractivity (Wildman–Crippen MR) is 85.9 cm³/mol. The molecule has 1 aliphatic rings. The summed E-state index contributed by atoms with van der Waals surface area (Å²) in [7, 11) is -2.20. The monoisotopic (exact) mass is 356 g/mol. The van der Waals surface area contributed by atoms with Crippen LogP contribution in [0.1, 0.15) is 12.0 Å². The van der Waals surface area contributed by atoms with E-state index in [0.29, 0.717) is 11.3 Å². The van der Waals surface area contributed by atoms with E-state index in [1.54, 1.807) is 24.3 Å². The van der Waals surface area contributed by atoms with Crippen LogP contribution in [-0.4, -0.2) is 55.7 Å². The highest BCUT2D eigenvalue weighted by Crippen LogP contribution is 2.24. The van der Waals surface area contributed by atoms with Crippen LogP contribution in [0.5, 0.6) is 5.75 Å². The summed E-state index contributed by atoms with van der Waals surface area (Å²) in [5.41, 5.74) is 0.712. The van der Waals surface area contributed by atoms with Crippen LogP contribution in [0.25, 0.3) is 0 Å². The summed E-state index contributed by atoms with van der Waals surface area (Å²) in [5.74, 6) is -1.74. The number of carboxylic acid groups (broad SMARTS) is 1. The molecule has 1 aliphatic heterocycles. The summed E-state index contributed by atoms with van der Waals surface area (Å²) in [6.07, 6.45) is 0.0959. The maximum absolute atomic E-state index is 12.1. The van der Waals surface area contributed by atoms with Crippen LogP contribution in [-0.2, 0) is 26.0 Å². The fourth-order valence-corrected chi connectivity index (χ4v) is 3.78. The molecule has 1 saturated heterocycles. The molecule has 1 aromatic rings. The first-order valence-electron chi connectivity index (χ1n) is 7.35. The van der Waals surface area contributed by atoms with Gasteiger partial charge in [-0.05, 0) is 17.7 Å². The molecule has 1 fully saturated rings. The van der Waals surface area contributed by atoms with E-state index in [-0.39, 0.29) is 31.0 Å². The second-order valence-electron chi connectivity index (χ2n) is 5.86. The molecule has 3 N–H and O–H groups in total. The van der Waals surface area contributed by atoms with Crippen molar-refractivity contribution in [2.24, 2.45) is 11.1 Å². The Morgan fingerprint density at radius 2 is 2.21 bits per heavy atom. The second-order valence-corrected chi connectivity index (χ2v) is 7.51. The van der Waals surface area contributed by atoms with Crippen molar-refractivity contribution in [3.05, 3.63) is 29.8 Å². The van der Waals surface area contributed by atoms with Crippen LogP contribution in [0, 0.1) is 5.92 Å². The van der Waals surface area contributed by atoms with E-state index in [1.165, 1.54) is 12.0 Å². The Morgan fingerprint density at radius 3 is 2.79 bits per heavy atom. The highest BCUT2D eigenvalue weighted by Gasteiger charge is 2.38. The number of benzene rings is 1. The number of methoxy groups -OCH3 is 1. The van der Waals surface area contributed by atoms with Crippen molar-refractivity contribution in [1.82, 2.24) is 4.90 Å². The third-order valence-corrected chi connectivity index (χ3v) is 4.87. The lowest BCUT2D eigenvalue weighted by atomic mass is 10.0. The molecule has 0 radical (unpaired) electrons. The van der Waals surface area contributed by atoms with Crippen molar-refractivity contribution in [2.45, 2.75) is 18.9 Å². The lowest BCUT2D eigenvalue weighted by molar-refractivity contribution is -0.148. The minimum Gasteiger partial charge on any atom is -0.497 e. The molecule has 0 saturated carbocycles. The van der Waals surface area contributed by atoms with Crippen molar-refractivity contribution in [2.75, 3.05) is 19.4 Å². The molecule has 9 heteroatoms. The highest BCUT2D eigenvalue weighted by molar-refractivity contribution is 7.89. The number of nitrogens with zero attached hydrogens (tertiary/aromatic N) is 1. The van der Waals surface area contributed by atoms with Crippen molar-refractivity contribution < 1.29 is 27.9 Å². The number of sulfonamides is 1. The van der Waals surface area contributed by atoms with Crippen molar-refractivity contribution >= 4 is 21.9 Å². The number of hydrogen-bond acceptors (Lipinski definition) is 5. The number of likely N-dealkylation sites (tertiary alicyclic amines) is 1. The van der Waals surface area contributed by atoms with Gasteiger partial charge in [0.1, 0.15) is 11.8 Å². The molecule has 2 unspecified atom stereocenters. The normalized spacial score (nSPS) is 19.3. The molecule has 2 atom stereocenters. The van der Waals surface area contributed by atoms with Gasteiger partial charge in [-0.2, -0.15) is 0 Å². The molecule has 8 nitrogen and oxygen atoms in total. The highest BCUT2D eigenvalue weighted by atomic mass is 32.2. The number of primary sulfonamides is 1. The maximum atomic E-state index is 12.1. The van der Waals surface area contributed by atoms with Crippen LogP contribution in [0.3, 0.4) is 0 Å². The minimum absolute atomic E-state index is 0.0156. The Labute approximate surface area is 140 Å². The molecule has 0 spiro atoms. The van der Waals surface area contributed by atoms with Gasteiger partial charge in [-0.25, -0.2) is 18.4 Å². The quantitative estimate of drug-likeness (QED) is 0.698. The Kier molecular flexibility index (Phi) is 5.45. The smallest absolute Gasteiger partial charge is 0.326 e. The fourth-order valence-electron chi connectivity index (χ4n) is 2.90. The molecule has 0 bridgehead atoms. The molecule has 132 valence electrons. The Hall–Kier alpha value is -2.13. The Balaban J connectivity index is 2.15. The van der Waals surface area contributed by atoms with Gasteiger partial charge in [0, 0.05) is 25.3 Å². The van der Waals surface area contributed by atoms with E-state index in [9.17, 15) is 23.1 Å². The van der Waals surface area contributed by atoms with Crippen LogP contribution in [0.2, 0.25) is 0 Å². The largest absolute Gasteiger partial charge is 0.497 e. The van der Waals surface area contributed by atoms with E-state index in [2.05, 4.69) is 0 Å². The third-order valence-electron chi connectivity index (χ3n) is 3.93. The lowest BCUT2D eigenvalue weighted by Gasteiger charge is -2.25. The molecule has 1 amide bonds. The summed E-state index contributed by atoms with van der Waals surface area (Å²) in [4.78, 5) is 25.0. The number of rotatable bonds is 7. The molecule has 1 heterocycles. The number of hydrogen-bond donors (Lipinski definition) is 2. The first-order chi connectivity index (χ1) is 11.2. The van der Waals surface area contributed by atoms with Crippen LogP contribution in [0.15, 0.2) is 24.3 Å². The van der Waals surface area contributed by atoms with E-state index < -0.39 is 28.0 Å². The zero-order chi connectivity index (χ0) is 17.9. The molecular weight excluding hydrogens is 336 g/mol. The molecule has 1 aromatic carbocycles. The number of nitrogens with two attached hydrogens (primary N) is 1. The van der Waals surface area contributed by atoms with E-state index in [1.807, 2.05) is 0 Å². The minimum atomic E-state index is -3.71. The molecule has 0 aromatic heterocycles. The van der Waals surface area contributed by atoms with Gasteiger partial charge >= 0.3 is 5.97 Å². The van der Waals surface area contributed by atoms with Gasteiger partial charge in [0.05, 0.1) is 12.9 Å². The van der Waals surface area contributed by atoms with Gasteiger partial charge in [-0.3, -0.25) is 4.79 Å². The second kappa shape index (κ2) is 7.18. The van der Waals surface area contributed by atoms with E-state index in [4.69, 9.17) is 9.88 Å². The van der Waals surface area contributed by atoms with Crippen LogP contribution >= 0.6 is 0 Å². The topological polar surface area (TPSA) is 127 Å². The van der Waals surface area contributed by atoms with Crippen molar-refractivity contribution in [3.8, 4) is 5.75 Å². The van der Waals surface area contributed by atoms with Gasteiger partial charge in [-0.1, -0.05) is 12.1 Å². The summed E-state index contributed by atoms with van der Waals surface area (Å²) in [6, 6.07) is 5.87. The average molecular weight is 356 g/mol. The SMILES string of the molecule is COc1cccc(CC(C(=O)O)N2CC(CS(N)(=O)=O)CC2=O)c1. The number of aliphatic carboxylic acids is 1. The first-order valence-corrected chi connectivity index (χ1v) is 9.07. The third kappa shape index (κ3) is 4.68. The average Bonchev–Trinajstić information content (AvgIpc) is 2.82. The fraction of sp³-hybridized carbons (Fsp3) is 0.467. The first kappa shape index (κ1) is 18.2. The molecule has 0 aliphatic carbocycles. The zero-order valence-electron chi connectivity index (χ0n) is 13.2. The molecular formula is C15H20N2O6S. The van der Waals surface area contributed by atoms with Crippen molar-refractivity contribution in [3.63, 3.8) is 0 Å². The number of carbonyl (C=O) groups is 2. The molecule has 2 rings (SSSR count). The maximum Gasteiger partial charge on any atom is 0.326 e. The van der Waals surface area contributed by atoms with Gasteiger partial charge in [0.2, 0.25) is 15.9 Å². The van der Waals surface area contributed by atoms with Gasteiger partial charge in [0.15, 0.2) is 0 Å². The lowest BCUT2D eigenvalue weighted by Crippen LogP contribution is -2.44. The van der Waals surface area contributed by atoms with Gasteiger partial charge in [0.25, 0.3) is 0 Å².